The van der Waals surface area contributed by atoms with Crippen molar-refractivity contribution in [2.75, 3.05) is 13.7 Å². The van der Waals surface area contributed by atoms with Crippen LogP contribution in [-0.2, 0) is 27.9 Å². The summed E-state index contributed by atoms with van der Waals surface area (Å²) >= 11 is 0. The molecule has 0 bridgehead atoms. The first-order valence-corrected chi connectivity index (χ1v) is 9.71. The summed E-state index contributed by atoms with van der Waals surface area (Å²) in [6, 6.07) is 7.86. The number of amides is 1. The number of rotatable bonds is 7. The van der Waals surface area contributed by atoms with Crippen molar-refractivity contribution in [1.82, 2.24) is 10.3 Å². The number of fused-ring (bicyclic) bond motifs is 1. The van der Waals surface area contributed by atoms with Gasteiger partial charge in [0.2, 0.25) is 5.91 Å². The molecular weight excluding hydrogens is 413 g/mol. The average molecular weight is 434 g/mol. The van der Waals surface area contributed by atoms with Crippen molar-refractivity contribution in [3.8, 4) is 5.75 Å². The van der Waals surface area contributed by atoms with Gasteiger partial charge in [-0.1, -0.05) is 6.07 Å². The molecule has 1 amide bonds. The van der Waals surface area contributed by atoms with Crippen LogP contribution < -0.4 is 10.1 Å². The lowest BCUT2D eigenvalue weighted by Crippen LogP contribution is -2.37. The zero-order valence-electron chi connectivity index (χ0n) is 17.0. The zero-order valence-corrected chi connectivity index (χ0v) is 17.0. The second kappa shape index (κ2) is 7.88. The first-order chi connectivity index (χ1) is 14.7. The van der Waals surface area contributed by atoms with Crippen molar-refractivity contribution in [3.63, 3.8) is 0 Å². The molecule has 31 heavy (non-hydrogen) atoms. The Labute approximate surface area is 176 Å². The second-order valence-electron chi connectivity index (χ2n) is 7.55. The van der Waals surface area contributed by atoms with E-state index in [9.17, 15) is 18.0 Å². The van der Waals surface area contributed by atoms with Crippen LogP contribution in [0.1, 0.15) is 35.4 Å². The van der Waals surface area contributed by atoms with Crippen molar-refractivity contribution < 1.29 is 31.9 Å². The topological polar surface area (TPSA) is 73.6 Å². The molecule has 0 spiro atoms. The van der Waals surface area contributed by atoms with E-state index in [0.717, 1.165) is 30.0 Å². The van der Waals surface area contributed by atoms with Gasteiger partial charge in [0.05, 0.1) is 5.54 Å². The number of ether oxygens (including phenoxy) is 2. The van der Waals surface area contributed by atoms with E-state index in [1.807, 2.05) is 6.92 Å². The van der Waals surface area contributed by atoms with Crippen molar-refractivity contribution in [2.45, 2.75) is 38.1 Å². The summed E-state index contributed by atoms with van der Waals surface area (Å²) in [5, 5.41) is 3.76. The normalized spacial score (nSPS) is 15.1. The third kappa shape index (κ3) is 4.23. The molecule has 1 fully saturated rings. The highest BCUT2D eigenvalue weighted by atomic mass is 19.4. The number of aromatic nitrogens is 1. The lowest BCUT2D eigenvalue weighted by molar-refractivity contribution is -0.142. The van der Waals surface area contributed by atoms with Gasteiger partial charge < -0.3 is 19.2 Å². The van der Waals surface area contributed by atoms with Crippen LogP contribution in [0.5, 0.6) is 5.75 Å². The van der Waals surface area contributed by atoms with Crippen LogP contribution in [0.15, 0.2) is 40.9 Å². The van der Waals surface area contributed by atoms with Gasteiger partial charge in [-0.15, -0.1) is 0 Å². The van der Waals surface area contributed by atoms with Crippen molar-refractivity contribution >= 4 is 16.9 Å². The Morgan fingerprint density at radius 1 is 1.29 bits per heavy atom. The Hall–Kier alpha value is -3.07. The van der Waals surface area contributed by atoms with E-state index in [2.05, 4.69) is 10.3 Å². The van der Waals surface area contributed by atoms with Crippen molar-refractivity contribution in [1.29, 1.82) is 0 Å². The van der Waals surface area contributed by atoms with E-state index in [-0.39, 0.29) is 24.7 Å². The maximum absolute atomic E-state index is 13.2. The molecule has 4 rings (SSSR count). The predicted molar refractivity (Wildman–Crippen MR) is 105 cm³/mol. The first-order valence-electron chi connectivity index (χ1n) is 9.71. The number of nitrogens with zero attached hydrogens (tertiary/aromatic N) is 1. The Morgan fingerprint density at radius 3 is 2.74 bits per heavy atom. The lowest BCUT2D eigenvalue weighted by atomic mass is 10.0. The summed E-state index contributed by atoms with van der Waals surface area (Å²) in [5.74, 6) is 0.844. The van der Waals surface area contributed by atoms with E-state index in [1.54, 1.807) is 18.2 Å². The first kappa shape index (κ1) is 21.2. The van der Waals surface area contributed by atoms with E-state index >= 15 is 0 Å². The minimum atomic E-state index is -4.56. The molecule has 2 heterocycles. The number of carbonyl (C=O) groups is 1. The third-order valence-electron chi connectivity index (χ3n) is 5.27. The maximum Gasteiger partial charge on any atom is 0.433 e. The molecule has 3 aromatic rings. The standard InChI is InChI=1S/C22H21F3N2O4/c1-13-19(21(7-8-21)27-18(28)12-29-2)16-10-15(5-6-17(16)31-13)30-11-14-4-3-9-26-20(14)22(23,24)25/h3-6,9-10H,7-8,11-12H2,1-2H3,(H,27,28). The molecule has 1 aliphatic rings. The molecule has 6 nitrogen and oxygen atoms in total. The summed E-state index contributed by atoms with van der Waals surface area (Å²) in [5.41, 5.74) is -0.0757. The number of hydrogen-bond donors (Lipinski definition) is 1. The van der Waals surface area contributed by atoms with Crippen LogP contribution in [0.3, 0.4) is 0 Å². The van der Waals surface area contributed by atoms with Gasteiger partial charge in [-0.2, -0.15) is 13.2 Å². The van der Waals surface area contributed by atoms with Crippen LogP contribution in [0, 0.1) is 6.92 Å². The number of nitrogens with one attached hydrogen (secondary N) is 1. The number of furan rings is 1. The third-order valence-corrected chi connectivity index (χ3v) is 5.27. The number of pyridine rings is 1. The van der Waals surface area contributed by atoms with Gasteiger partial charge in [0, 0.05) is 29.8 Å². The molecule has 1 aromatic carbocycles. The fourth-order valence-electron chi connectivity index (χ4n) is 3.85. The highest BCUT2D eigenvalue weighted by Crippen LogP contribution is 2.50. The van der Waals surface area contributed by atoms with Crippen LogP contribution in [0.2, 0.25) is 0 Å². The number of benzene rings is 1. The van der Waals surface area contributed by atoms with Crippen LogP contribution in [0.4, 0.5) is 13.2 Å². The summed E-state index contributed by atoms with van der Waals surface area (Å²) in [7, 11) is 1.45. The molecule has 1 aliphatic carbocycles. The SMILES string of the molecule is COCC(=O)NC1(c2c(C)oc3ccc(OCc4cccnc4C(F)(F)F)cc23)CC1. The molecule has 2 aromatic heterocycles. The Morgan fingerprint density at radius 2 is 2.06 bits per heavy atom. The van der Waals surface area contributed by atoms with Crippen molar-refractivity contribution in [2.24, 2.45) is 0 Å². The van der Waals surface area contributed by atoms with Gasteiger partial charge in [0.25, 0.3) is 0 Å². The van der Waals surface area contributed by atoms with E-state index in [0.29, 0.717) is 17.1 Å². The van der Waals surface area contributed by atoms with Crippen molar-refractivity contribution in [3.05, 3.63) is 59.1 Å². The second-order valence-corrected chi connectivity index (χ2v) is 7.55. The quantitative estimate of drug-likeness (QED) is 0.593. The molecule has 1 saturated carbocycles. The smallest absolute Gasteiger partial charge is 0.433 e. The number of carbonyl (C=O) groups excluding carboxylic acids is 1. The fourth-order valence-corrected chi connectivity index (χ4v) is 3.85. The van der Waals surface area contributed by atoms with Crippen LogP contribution in [0.25, 0.3) is 11.0 Å². The number of methoxy groups -OCH3 is 1. The minimum absolute atomic E-state index is 0.0441. The summed E-state index contributed by atoms with van der Waals surface area (Å²) in [6.45, 7) is 1.50. The Bertz CT molecular complexity index is 1120. The Kier molecular flexibility index (Phi) is 5.38. The van der Waals surface area contributed by atoms with E-state index in [1.165, 1.54) is 19.2 Å². The Balaban J connectivity index is 1.61. The van der Waals surface area contributed by atoms with E-state index < -0.39 is 17.4 Å². The highest BCUT2D eigenvalue weighted by Gasteiger charge is 2.49. The molecule has 0 unspecified atom stereocenters. The molecular formula is C22H21F3N2O4. The summed E-state index contributed by atoms with van der Waals surface area (Å²) in [6.07, 6.45) is -1.94. The van der Waals surface area contributed by atoms with Crippen LogP contribution in [-0.4, -0.2) is 24.6 Å². The van der Waals surface area contributed by atoms with E-state index in [4.69, 9.17) is 13.9 Å². The number of alkyl halides is 3. The van der Waals surface area contributed by atoms with Gasteiger partial charge in [-0.05, 0) is 44.0 Å². The number of halogens is 3. The van der Waals surface area contributed by atoms with Crippen LogP contribution >= 0.6 is 0 Å². The molecule has 0 atom stereocenters. The summed E-state index contributed by atoms with van der Waals surface area (Å²) in [4.78, 5) is 15.5. The number of aryl methyl sites for hydroxylation is 1. The molecule has 9 heteroatoms. The fraction of sp³-hybridized carbons (Fsp3) is 0.364. The lowest BCUT2D eigenvalue weighted by Gasteiger charge is -2.18. The highest BCUT2D eigenvalue weighted by molar-refractivity contribution is 5.87. The van der Waals surface area contributed by atoms with Gasteiger partial charge in [-0.3, -0.25) is 9.78 Å². The van der Waals surface area contributed by atoms with Gasteiger partial charge in [0.15, 0.2) is 5.69 Å². The van der Waals surface area contributed by atoms with Gasteiger partial charge in [-0.25, -0.2) is 0 Å². The molecule has 0 aliphatic heterocycles. The zero-order chi connectivity index (χ0) is 22.2. The molecule has 0 radical (unpaired) electrons. The average Bonchev–Trinajstić information content (AvgIpc) is 3.39. The minimum Gasteiger partial charge on any atom is -0.489 e. The largest absolute Gasteiger partial charge is 0.489 e. The van der Waals surface area contributed by atoms with Gasteiger partial charge in [0.1, 0.15) is 30.3 Å². The maximum atomic E-state index is 13.2. The summed E-state index contributed by atoms with van der Waals surface area (Å²) < 4.78 is 55.9. The van der Waals surface area contributed by atoms with Gasteiger partial charge >= 0.3 is 6.18 Å². The molecule has 1 N–H and O–H groups in total. The monoisotopic (exact) mass is 434 g/mol. The predicted octanol–water partition coefficient (Wildman–Crippen LogP) is 4.49. The molecule has 164 valence electrons. The molecule has 0 saturated heterocycles. The number of hydrogen-bond acceptors (Lipinski definition) is 5.